The Labute approximate surface area is 181 Å². The Kier molecular flexibility index (Phi) is 5.68. The summed E-state index contributed by atoms with van der Waals surface area (Å²) in [6, 6.07) is 13.2. The summed E-state index contributed by atoms with van der Waals surface area (Å²) in [6.07, 6.45) is 1.46. The Morgan fingerprint density at radius 3 is 2.77 bits per heavy atom. The number of nitrogens with zero attached hydrogens (tertiary/aromatic N) is 5. The average molecular weight is 441 g/mol. The summed E-state index contributed by atoms with van der Waals surface area (Å²) < 4.78 is 1.32. The minimum Gasteiger partial charge on any atom is -0.335 e. The van der Waals surface area contributed by atoms with Crippen molar-refractivity contribution >= 4 is 35.1 Å². The number of nitrogens with two attached hydrogens (primary N) is 1. The number of thioether (sulfide) groups is 1. The average Bonchev–Trinajstić information content (AvgIpc) is 3.35. The molecule has 1 amide bonds. The van der Waals surface area contributed by atoms with E-state index in [0.717, 1.165) is 23.0 Å². The molecule has 0 saturated heterocycles. The number of hydrogen-bond donors (Lipinski definition) is 3. The van der Waals surface area contributed by atoms with E-state index in [9.17, 15) is 4.79 Å². The monoisotopic (exact) mass is 440 g/mol. The predicted molar refractivity (Wildman–Crippen MR) is 117 cm³/mol. The second kappa shape index (κ2) is 8.56. The maximum Gasteiger partial charge on any atom is 0.236 e. The van der Waals surface area contributed by atoms with Crippen LogP contribution in [0.5, 0.6) is 0 Å². The van der Waals surface area contributed by atoms with Crippen LogP contribution in [0.15, 0.2) is 53.8 Å². The molecule has 0 fully saturated rings. The summed E-state index contributed by atoms with van der Waals surface area (Å²) in [7, 11) is 0. The van der Waals surface area contributed by atoms with Gasteiger partial charge in [0.1, 0.15) is 11.5 Å². The van der Waals surface area contributed by atoms with Crippen molar-refractivity contribution in [1.82, 2.24) is 30.1 Å². The van der Waals surface area contributed by atoms with Gasteiger partial charge in [0, 0.05) is 11.8 Å². The lowest BCUT2D eigenvalue weighted by molar-refractivity contribution is -0.113. The molecule has 0 atom stereocenters. The van der Waals surface area contributed by atoms with E-state index in [-0.39, 0.29) is 11.7 Å². The van der Waals surface area contributed by atoms with Crippen LogP contribution in [-0.2, 0) is 4.79 Å². The topological polar surface area (TPSA) is 127 Å². The van der Waals surface area contributed by atoms with Crippen molar-refractivity contribution in [3.8, 4) is 22.8 Å². The summed E-state index contributed by atoms with van der Waals surface area (Å²) in [6.45, 7) is 2.03. The largest absolute Gasteiger partial charge is 0.335 e. The van der Waals surface area contributed by atoms with E-state index in [2.05, 4.69) is 30.7 Å². The normalized spacial score (nSPS) is 10.9. The molecule has 0 radical (unpaired) electrons. The highest BCUT2D eigenvalue weighted by molar-refractivity contribution is 7.99. The number of carbonyl (C=O) groups is 1. The molecule has 0 saturated carbocycles. The maximum atomic E-state index is 12.1. The fourth-order valence-corrected chi connectivity index (χ4v) is 3.39. The third kappa shape index (κ3) is 4.44. The van der Waals surface area contributed by atoms with Gasteiger partial charge in [-0.15, -0.1) is 10.2 Å². The van der Waals surface area contributed by atoms with Gasteiger partial charge in [-0.3, -0.25) is 9.89 Å². The van der Waals surface area contributed by atoms with Crippen molar-refractivity contribution in [2.45, 2.75) is 12.1 Å². The van der Waals surface area contributed by atoms with E-state index in [1.165, 1.54) is 16.4 Å². The zero-order chi connectivity index (χ0) is 21.1. The molecule has 4 aromatic rings. The molecule has 9 nitrogen and oxygen atoms in total. The van der Waals surface area contributed by atoms with Gasteiger partial charge in [0.05, 0.1) is 16.5 Å². The number of pyridine rings is 1. The standard InChI is InChI=1S/C19H17ClN8OS/c1-11-2-4-12(5-3-11)14-8-15(25-24-14)18-26-27-19(28(18)21)30-10-17(29)23-16-7-6-13(20)9-22-16/h2-9H,10,21H2,1H3,(H,24,25)(H,22,23,29). The lowest BCUT2D eigenvalue weighted by Crippen LogP contribution is -2.17. The SMILES string of the molecule is Cc1ccc(-c2cc(-c3nnc(SCC(=O)Nc4ccc(Cl)cn4)n3N)[nH]n2)cc1. The number of hydrogen-bond acceptors (Lipinski definition) is 7. The first-order valence-electron chi connectivity index (χ1n) is 8.87. The maximum absolute atomic E-state index is 12.1. The number of nitrogen functional groups attached to an aromatic ring is 1. The van der Waals surface area contributed by atoms with Gasteiger partial charge in [0.25, 0.3) is 0 Å². The lowest BCUT2D eigenvalue weighted by Gasteiger charge is -2.04. The summed E-state index contributed by atoms with van der Waals surface area (Å²) in [5, 5.41) is 19.0. The first-order chi connectivity index (χ1) is 14.5. The molecule has 3 aromatic heterocycles. The van der Waals surface area contributed by atoms with Crippen LogP contribution < -0.4 is 11.2 Å². The number of nitrogens with one attached hydrogen (secondary N) is 2. The third-order valence-corrected chi connectivity index (χ3v) is 5.32. The van der Waals surface area contributed by atoms with Crippen molar-refractivity contribution in [2.24, 2.45) is 0 Å². The summed E-state index contributed by atoms with van der Waals surface area (Å²) in [5.41, 5.74) is 3.56. The number of anilines is 1. The van der Waals surface area contributed by atoms with E-state index in [1.54, 1.807) is 12.1 Å². The quantitative estimate of drug-likeness (QED) is 0.310. The molecule has 0 unspecified atom stereocenters. The highest BCUT2D eigenvalue weighted by Gasteiger charge is 2.16. The Balaban J connectivity index is 1.42. The highest BCUT2D eigenvalue weighted by atomic mass is 35.5. The van der Waals surface area contributed by atoms with Gasteiger partial charge in [-0.05, 0) is 25.1 Å². The Morgan fingerprint density at radius 1 is 1.23 bits per heavy atom. The van der Waals surface area contributed by atoms with Gasteiger partial charge in [-0.2, -0.15) is 5.10 Å². The molecule has 0 bridgehead atoms. The van der Waals surface area contributed by atoms with Crippen molar-refractivity contribution in [2.75, 3.05) is 16.9 Å². The first kappa shape index (κ1) is 19.9. The Morgan fingerprint density at radius 2 is 2.03 bits per heavy atom. The number of aromatic amines is 1. The van der Waals surface area contributed by atoms with E-state index in [0.29, 0.717) is 27.5 Å². The van der Waals surface area contributed by atoms with Crippen molar-refractivity contribution in [3.63, 3.8) is 0 Å². The van der Waals surface area contributed by atoms with Crippen LogP contribution >= 0.6 is 23.4 Å². The molecule has 0 aliphatic rings. The van der Waals surface area contributed by atoms with E-state index < -0.39 is 0 Å². The molecule has 0 aliphatic carbocycles. The van der Waals surface area contributed by atoms with Crippen LogP contribution in [0, 0.1) is 6.92 Å². The van der Waals surface area contributed by atoms with E-state index in [1.807, 2.05) is 37.3 Å². The molecule has 30 heavy (non-hydrogen) atoms. The smallest absolute Gasteiger partial charge is 0.236 e. The molecular weight excluding hydrogens is 424 g/mol. The molecule has 1 aromatic carbocycles. The number of aromatic nitrogens is 6. The zero-order valence-corrected chi connectivity index (χ0v) is 17.4. The number of rotatable bonds is 6. The minimum atomic E-state index is -0.248. The number of carbonyl (C=O) groups excluding carboxylic acids is 1. The first-order valence-corrected chi connectivity index (χ1v) is 10.2. The van der Waals surface area contributed by atoms with Crippen molar-refractivity contribution in [3.05, 3.63) is 59.2 Å². The molecule has 4 rings (SSSR count). The lowest BCUT2D eigenvalue weighted by atomic mass is 10.1. The molecule has 3 heterocycles. The fraction of sp³-hybridized carbons (Fsp3) is 0.105. The molecule has 4 N–H and O–H groups in total. The number of aryl methyl sites for hydroxylation is 1. The number of halogens is 1. The van der Waals surface area contributed by atoms with E-state index in [4.69, 9.17) is 17.4 Å². The number of H-pyrrole nitrogens is 1. The second-order valence-electron chi connectivity index (χ2n) is 6.41. The Hall–Kier alpha value is -3.37. The van der Waals surface area contributed by atoms with Crippen LogP contribution in [0.25, 0.3) is 22.8 Å². The summed E-state index contributed by atoms with van der Waals surface area (Å²) in [4.78, 5) is 16.1. The van der Waals surface area contributed by atoms with Gasteiger partial charge >= 0.3 is 0 Å². The summed E-state index contributed by atoms with van der Waals surface area (Å²) >= 11 is 6.95. The zero-order valence-electron chi connectivity index (χ0n) is 15.8. The number of benzene rings is 1. The predicted octanol–water partition coefficient (Wildman–Crippen LogP) is 3.14. The molecular formula is C19H17ClN8OS. The minimum absolute atomic E-state index is 0.0945. The molecule has 0 spiro atoms. The van der Waals surface area contributed by atoms with Gasteiger partial charge in [-0.1, -0.05) is 53.2 Å². The van der Waals surface area contributed by atoms with Crippen LogP contribution in [0.3, 0.4) is 0 Å². The van der Waals surface area contributed by atoms with E-state index >= 15 is 0 Å². The molecule has 11 heteroatoms. The Bertz CT molecular complexity index is 1170. The fourth-order valence-electron chi connectivity index (χ4n) is 2.63. The molecule has 0 aliphatic heterocycles. The van der Waals surface area contributed by atoms with Crippen LogP contribution in [0.1, 0.15) is 5.56 Å². The summed E-state index contributed by atoms with van der Waals surface area (Å²) in [5.74, 6) is 6.81. The highest BCUT2D eigenvalue weighted by Crippen LogP contribution is 2.25. The number of amides is 1. The van der Waals surface area contributed by atoms with Gasteiger partial charge < -0.3 is 11.2 Å². The van der Waals surface area contributed by atoms with Gasteiger partial charge in [-0.25, -0.2) is 9.66 Å². The molecule has 152 valence electrons. The van der Waals surface area contributed by atoms with Crippen LogP contribution in [-0.4, -0.2) is 41.7 Å². The van der Waals surface area contributed by atoms with Gasteiger partial charge in [0.2, 0.25) is 16.9 Å². The third-order valence-electron chi connectivity index (χ3n) is 4.16. The van der Waals surface area contributed by atoms with Crippen molar-refractivity contribution < 1.29 is 4.79 Å². The van der Waals surface area contributed by atoms with Gasteiger partial charge in [0.15, 0.2) is 0 Å². The second-order valence-corrected chi connectivity index (χ2v) is 7.79. The van der Waals surface area contributed by atoms with Crippen molar-refractivity contribution in [1.29, 1.82) is 0 Å². The van der Waals surface area contributed by atoms with Crippen LogP contribution in [0.2, 0.25) is 5.02 Å². The van der Waals surface area contributed by atoms with Crippen LogP contribution in [0.4, 0.5) is 5.82 Å².